The lowest BCUT2D eigenvalue weighted by Crippen LogP contribution is -2.33. The molecule has 2 aliphatic heterocycles. The Morgan fingerprint density at radius 2 is 1.07 bits per heavy atom. The first-order valence-electron chi connectivity index (χ1n) is 10.4. The summed E-state index contributed by atoms with van der Waals surface area (Å²) >= 11 is 3.29. The lowest BCUT2D eigenvalue weighted by atomic mass is 10.1. The summed E-state index contributed by atoms with van der Waals surface area (Å²) in [4.78, 5) is 35.5. The van der Waals surface area contributed by atoms with E-state index in [1.165, 1.54) is 9.75 Å². The quantitative estimate of drug-likeness (QED) is 0.591. The van der Waals surface area contributed by atoms with Crippen LogP contribution >= 0.6 is 22.7 Å². The summed E-state index contributed by atoms with van der Waals surface area (Å²) in [6, 6.07) is 8.20. The van der Waals surface area contributed by atoms with Gasteiger partial charge in [0.25, 0.3) is 11.8 Å². The van der Waals surface area contributed by atoms with Gasteiger partial charge in [0.15, 0.2) is 0 Å². The van der Waals surface area contributed by atoms with Crippen molar-refractivity contribution in [3.05, 3.63) is 54.9 Å². The zero-order chi connectivity index (χ0) is 21.7. The van der Waals surface area contributed by atoms with Gasteiger partial charge in [0.2, 0.25) is 0 Å². The van der Waals surface area contributed by atoms with E-state index in [-0.39, 0.29) is 11.8 Å². The number of hydrogen-bond acceptors (Lipinski definition) is 4. The third-order valence-electron chi connectivity index (χ3n) is 5.22. The van der Waals surface area contributed by atoms with Crippen molar-refractivity contribution in [2.45, 2.75) is 41.5 Å². The van der Waals surface area contributed by atoms with Gasteiger partial charge in [-0.25, -0.2) is 0 Å². The average Bonchev–Trinajstić information content (AvgIpc) is 3.38. The van der Waals surface area contributed by atoms with Crippen LogP contribution in [0.3, 0.4) is 0 Å². The van der Waals surface area contributed by atoms with Crippen molar-refractivity contribution in [2.75, 3.05) is 13.1 Å². The predicted molar refractivity (Wildman–Crippen MR) is 125 cm³/mol. The van der Waals surface area contributed by atoms with Crippen LogP contribution in [0.15, 0.2) is 35.4 Å². The molecule has 2 aromatic rings. The molecule has 4 nitrogen and oxygen atoms in total. The van der Waals surface area contributed by atoms with E-state index < -0.39 is 0 Å². The van der Waals surface area contributed by atoms with Gasteiger partial charge in [0.1, 0.15) is 0 Å². The molecular formula is C24H28N2O2S2. The van der Waals surface area contributed by atoms with Crippen LogP contribution in [0.2, 0.25) is 0 Å². The third-order valence-corrected chi connectivity index (χ3v) is 7.24. The number of carbonyl (C=O) groups is 2. The minimum atomic E-state index is -0.0413. The van der Waals surface area contributed by atoms with Crippen molar-refractivity contribution in [3.63, 3.8) is 0 Å². The van der Waals surface area contributed by atoms with Crippen molar-refractivity contribution < 1.29 is 9.59 Å². The Bertz CT molecular complexity index is 998. The molecule has 158 valence electrons. The van der Waals surface area contributed by atoms with Gasteiger partial charge in [0.05, 0.1) is 32.3 Å². The van der Waals surface area contributed by atoms with Crippen molar-refractivity contribution in [2.24, 2.45) is 11.8 Å². The summed E-state index contributed by atoms with van der Waals surface area (Å²) in [6.45, 7) is 13.7. The van der Waals surface area contributed by atoms with Crippen LogP contribution in [0.1, 0.15) is 47.2 Å². The third kappa shape index (κ3) is 3.46. The highest BCUT2D eigenvalue weighted by Crippen LogP contribution is 2.48. The molecule has 0 unspecified atom stereocenters. The number of thiophene rings is 2. The van der Waals surface area contributed by atoms with Gasteiger partial charge >= 0.3 is 0 Å². The maximum Gasteiger partial charge on any atom is 0.261 e. The molecule has 2 aromatic heterocycles. The van der Waals surface area contributed by atoms with Gasteiger partial charge in [0, 0.05) is 22.8 Å². The predicted octanol–water partition coefficient (Wildman–Crippen LogP) is 5.55. The first-order chi connectivity index (χ1) is 14.2. The van der Waals surface area contributed by atoms with E-state index in [9.17, 15) is 9.59 Å². The SMILES string of the molecule is Cc1ccc(C2=C3C(=O)N(CC(C)C)C(c4ccc(C)s4)=C3C(=O)N2CC(C)C)s1. The Morgan fingerprint density at radius 3 is 1.33 bits per heavy atom. The van der Waals surface area contributed by atoms with Crippen molar-refractivity contribution in [3.8, 4) is 0 Å². The zero-order valence-corrected chi connectivity index (χ0v) is 20.0. The van der Waals surface area contributed by atoms with Crippen LogP contribution in [-0.2, 0) is 9.59 Å². The number of fused-ring (bicyclic) bond motifs is 1. The second-order valence-corrected chi connectivity index (χ2v) is 11.5. The highest BCUT2D eigenvalue weighted by molar-refractivity contribution is 7.13. The molecule has 0 radical (unpaired) electrons. The average molecular weight is 441 g/mol. The molecule has 0 fully saturated rings. The molecule has 0 bridgehead atoms. The Kier molecular flexibility index (Phi) is 5.49. The van der Waals surface area contributed by atoms with Crippen LogP contribution in [0.25, 0.3) is 11.4 Å². The summed E-state index contributed by atoms with van der Waals surface area (Å²) in [5.74, 6) is 0.527. The minimum Gasteiger partial charge on any atom is -0.306 e. The Labute approximate surface area is 186 Å². The van der Waals surface area contributed by atoms with Gasteiger partial charge in [-0.1, -0.05) is 27.7 Å². The largest absolute Gasteiger partial charge is 0.306 e. The van der Waals surface area contributed by atoms with Crippen LogP contribution in [0, 0.1) is 25.7 Å². The molecule has 30 heavy (non-hydrogen) atoms. The molecule has 0 atom stereocenters. The number of amides is 2. The highest BCUT2D eigenvalue weighted by atomic mass is 32.1. The molecule has 4 heterocycles. The van der Waals surface area contributed by atoms with Crippen molar-refractivity contribution in [1.82, 2.24) is 9.80 Å². The molecule has 0 aliphatic carbocycles. The second kappa shape index (κ2) is 7.82. The van der Waals surface area contributed by atoms with E-state index in [2.05, 4.69) is 53.7 Å². The summed E-state index contributed by atoms with van der Waals surface area (Å²) in [5, 5.41) is 0. The first-order valence-corrected chi connectivity index (χ1v) is 12.1. The second-order valence-electron chi connectivity index (χ2n) is 8.89. The number of aryl methyl sites for hydroxylation is 2. The van der Waals surface area contributed by atoms with Gasteiger partial charge in [-0.2, -0.15) is 0 Å². The maximum atomic E-state index is 13.7. The topological polar surface area (TPSA) is 40.6 Å². The molecule has 0 saturated heterocycles. The van der Waals surface area contributed by atoms with Crippen molar-refractivity contribution in [1.29, 1.82) is 0 Å². The smallest absolute Gasteiger partial charge is 0.261 e. The van der Waals surface area contributed by atoms with Gasteiger partial charge < -0.3 is 9.80 Å². The fourth-order valence-corrected chi connectivity index (χ4v) is 5.97. The Hall–Kier alpha value is -2.18. The van der Waals surface area contributed by atoms with Crippen LogP contribution in [-0.4, -0.2) is 34.7 Å². The Balaban J connectivity index is 1.98. The number of nitrogens with zero attached hydrogens (tertiary/aromatic N) is 2. The first kappa shape index (κ1) is 21.1. The van der Waals surface area contributed by atoms with E-state index in [1.54, 1.807) is 22.7 Å². The van der Waals surface area contributed by atoms with E-state index in [1.807, 2.05) is 21.9 Å². The van der Waals surface area contributed by atoms with Crippen LogP contribution in [0.4, 0.5) is 0 Å². The molecule has 4 rings (SSSR count). The molecule has 0 spiro atoms. The molecule has 0 saturated carbocycles. The summed E-state index contributed by atoms with van der Waals surface area (Å²) in [5.41, 5.74) is 2.76. The fourth-order valence-electron chi connectivity index (χ4n) is 4.11. The van der Waals surface area contributed by atoms with Gasteiger partial charge in [-0.05, 0) is 49.9 Å². The highest BCUT2D eigenvalue weighted by Gasteiger charge is 2.49. The van der Waals surface area contributed by atoms with E-state index in [0.717, 1.165) is 21.1 Å². The van der Waals surface area contributed by atoms with Crippen LogP contribution < -0.4 is 0 Å². The molecule has 0 aromatic carbocycles. The summed E-state index contributed by atoms with van der Waals surface area (Å²) in [6.07, 6.45) is 0. The van der Waals surface area contributed by atoms with Crippen LogP contribution in [0.5, 0.6) is 0 Å². The van der Waals surface area contributed by atoms with E-state index in [0.29, 0.717) is 36.1 Å². The fraction of sp³-hybridized carbons (Fsp3) is 0.417. The molecule has 2 aliphatic rings. The van der Waals surface area contributed by atoms with E-state index in [4.69, 9.17) is 0 Å². The maximum absolute atomic E-state index is 13.7. The van der Waals surface area contributed by atoms with E-state index >= 15 is 0 Å². The standard InChI is InChI=1S/C24H28N2O2S2/c1-13(2)11-25-21(17-9-7-15(5)29-17)19-20(23(25)27)22(18-10-8-16(6)30-18)26(24(19)28)12-14(3)4/h7-10,13-14H,11-12H2,1-6H3. The molecule has 2 amide bonds. The molecule has 0 N–H and O–H groups in total. The summed E-state index contributed by atoms with van der Waals surface area (Å²) in [7, 11) is 0. The monoisotopic (exact) mass is 440 g/mol. The Morgan fingerprint density at radius 1 is 0.700 bits per heavy atom. The zero-order valence-electron chi connectivity index (χ0n) is 18.4. The number of rotatable bonds is 6. The number of hydrogen-bond donors (Lipinski definition) is 0. The van der Waals surface area contributed by atoms with Gasteiger partial charge in [-0.15, -0.1) is 22.7 Å². The lowest BCUT2D eigenvalue weighted by Gasteiger charge is -2.26. The minimum absolute atomic E-state index is 0.0413. The molecule has 6 heteroatoms. The number of carbonyl (C=O) groups excluding carboxylic acids is 2. The van der Waals surface area contributed by atoms with Crippen molar-refractivity contribution >= 4 is 45.9 Å². The van der Waals surface area contributed by atoms with Gasteiger partial charge in [-0.3, -0.25) is 9.59 Å². The lowest BCUT2D eigenvalue weighted by molar-refractivity contribution is -0.124. The molecular weight excluding hydrogens is 412 g/mol. The normalized spacial score (nSPS) is 16.9. The summed E-state index contributed by atoms with van der Waals surface area (Å²) < 4.78 is 0.